The first-order valence-electron chi connectivity index (χ1n) is 13.0. The van der Waals surface area contributed by atoms with Gasteiger partial charge in [0, 0.05) is 30.3 Å². The lowest BCUT2D eigenvalue weighted by Crippen LogP contribution is -2.45. The smallest absolute Gasteiger partial charge is 0.354 e. The largest absolute Gasteiger partial charge is 0.416 e. The van der Waals surface area contributed by atoms with Crippen molar-refractivity contribution in [3.05, 3.63) is 88.5 Å². The minimum Gasteiger partial charge on any atom is -0.354 e. The first-order valence-corrected chi connectivity index (χ1v) is 13.0. The fourth-order valence-corrected chi connectivity index (χ4v) is 4.63. The molecule has 4 rings (SSSR count). The van der Waals surface area contributed by atoms with Gasteiger partial charge < -0.3 is 15.5 Å². The maximum atomic E-state index is 13.5. The summed E-state index contributed by atoms with van der Waals surface area (Å²) < 4.78 is 80.8. The third-order valence-electron chi connectivity index (χ3n) is 6.96. The van der Waals surface area contributed by atoms with Gasteiger partial charge >= 0.3 is 12.4 Å². The average Bonchev–Trinajstić information content (AvgIpc) is 3.14. The van der Waals surface area contributed by atoms with Crippen molar-refractivity contribution >= 4 is 23.4 Å². The Morgan fingerprint density at radius 2 is 1.48 bits per heavy atom. The summed E-state index contributed by atoms with van der Waals surface area (Å²) >= 11 is 0. The van der Waals surface area contributed by atoms with Crippen molar-refractivity contribution in [3.63, 3.8) is 0 Å². The highest BCUT2D eigenvalue weighted by molar-refractivity contribution is 6.09. The number of nitrogens with zero attached hydrogens (tertiary/aromatic N) is 1. The van der Waals surface area contributed by atoms with Crippen LogP contribution in [0.4, 0.5) is 32.0 Å². The zero-order valence-corrected chi connectivity index (χ0v) is 22.6. The molecule has 0 aromatic heterocycles. The Hall–Kier alpha value is -4.35. The first-order chi connectivity index (χ1) is 19.6. The number of carbonyl (C=O) groups excluding carboxylic acids is 3. The Morgan fingerprint density at radius 3 is 2.07 bits per heavy atom. The lowest BCUT2D eigenvalue weighted by molar-refractivity contribution is -0.143. The van der Waals surface area contributed by atoms with E-state index in [-0.39, 0.29) is 23.2 Å². The number of rotatable bonds is 5. The summed E-state index contributed by atoms with van der Waals surface area (Å²) in [5.41, 5.74) is -2.07. The predicted molar refractivity (Wildman–Crippen MR) is 144 cm³/mol. The zero-order valence-electron chi connectivity index (χ0n) is 22.6. The number of hydrogen-bond acceptors (Lipinski definition) is 3. The Bertz CT molecular complexity index is 1470. The van der Waals surface area contributed by atoms with E-state index in [1.54, 1.807) is 24.3 Å². The Kier molecular flexibility index (Phi) is 8.65. The number of halogens is 6. The summed E-state index contributed by atoms with van der Waals surface area (Å²) in [6.07, 6.45) is -8.39. The molecule has 3 amide bonds. The highest BCUT2D eigenvalue weighted by atomic mass is 19.4. The molecule has 1 saturated heterocycles. The van der Waals surface area contributed by atoms with E-state index in [4.69, 9.17) is 0 Å². The van der Waals surface area contributed by atoms with Crippen LogP contribution in [-0.4, -0.2) is 37.4 Å². The molecule has 42 heavy (non-hydrogen) atoms. The summed E-state index contributed by atoms with van der Waals surface area (Å²) in [6.45, 7) is 2.34. The lowest BCUT2D eigenvalue weighted by atomic mass is 9.98. The third-order valence-corrected chi connectivity index (χ3v) is 6.96. The van der Waals surface area contributed by atoms with Gasteiger partial charge in [-0.3, -0.25) is 14.4 Å². The number of anilines is 1. The number of aryl methyl sites for hydroxylation is 1. The topological polar surface area (TPSA) is 78.5 Å². The van der Waals surface area contributed by atoms with E-state index in [0.717, 1.165) is 16.9 Å². The van der Waals surface area contributed by atoms with Crippen LogP contribution in [-0.2, 0) is 17.1 Å². The van der Waals surface area contributed by atoms with Gasteiger partial charge in [0.2, 0.25) is 5.91 Å². The van der Waals surface area contributed by atoms with Crippen LogP contribution in [0.25, 0.3) is 11.1 Å². The molecule has 3 aromatic carbocycles. The minimum absolute atomic E-state index is 0.0394. The number of benzene rings is 3. The molecule has 1 fully saturated rings. The number of carbonyl (C=O) groups is 3. The van der Waals surface area contributed by atoms with E-state index >= 15 is 0 Å². The van der Waals surface area contributed by atoms with Gasteiger partial charge in [-0.25, -0.2) is 0 Å². The Balaban J connectivity index is 1.77. The van der Waals surface area contributed by atoms with Crippen molar-refractivity contribution < 1.29 is 40.7 Å². The van der Waals surface area contributed by atoms with Gasteiger partial charge in [0.15, 0.2) is 0 Å². The maximum absolute atomic E-state index is 13.5. The van der Waals surface area contributed by atoms with Gasteiger partial charge in [0.25, 0.3) is 11.8 Å². The van der Waals surface area contributed by atoms with Crippen molar-refractivity contribution in [3.8, 4) is 11.1 Å². The quantitative estimate of drug-likeness (QED) is 0.339. The number of hydrogen-bond donors (Lipinski definition) is 2. The van der Waals surface area contributed by atoms with Crippen molar-refractivity contribution in [1.29, 1.82) is 0 Å². The van der Waals surface area contributed by atoms with E-state index in [1.807, 2.05) is 6.92 Å². The summed E-state index contributed by atoms with van der Waals surface area (Å²) in [4.78, 5) is 39.8. The Labute approximate surface area is 237 Å². The van der Waals surface area contributed by atoms with Crippen molar-refractivity contribution in [2.45, 2.75) is 44.6 Å². The summed E-state index contributed by atoms with van der Waals surface area (Å²) in [7, 11) is 1.20. The average molecular weight is 592 g/mol. The standard InChI is InChI=1S/C30H27F6N3O3/c1-17-6-8-18(9-7-17)23-11-10-19(26(40)38-24-5-3-4-12-37-27(24)41)15-25(23)39(2)28(42)20-13-21(29(31,32)33)16-22(14-20)30(34,35)36/h6-11,13-16,24H,3-5,12H2,1-2H3,(H,37,41)(H,38,40)/t24-/m0/s1. The molecule has 1 heterocycles. The molecule has 0 spiro atoms. The molecule has 12 heteroatoms. The van der Waals surface area contributed by atoms with Gasteiger partial charge in [-0.2, -0.15) is 26.3 Å². The molecule has 0 bridgehead atoms. The third kappa shape index (κ3) is 6.92. The van der Waals surface area contributed by atoms with Crippen molar-refractivity contribution in [2.75, 3.05) is 18.5 Å². The molecule has 1 atom stereocenters. The molecule has 0 aliphatic carbocycles. The monoisotopic (exact) mass is 591 g/mol. The Morgan fingerprint density at radius 1 is 0.857 bits per heavy atom. The highest BCUT2D eigenvalue weighted by Crippen LogP contribution is 2.38. The molecule has 1 aliphatic rings. The van der Waals surface area contributed by atoms with Gasteiger partial charge in [-0.15, -0.1) is 0 Å². The molecular formula is C30H27F6N3O3. The lowest BCUT2D eigenvalue weighted by Gasteiger charge is -2.23. The number of nitrogens with one attached hydrogen (secondary N) is 2. The maximum Gasteiger partial charge on any atom is 0.416 e. The second kappa shape index (κ2) is 11.9. The van der Waals surface area contributed by atoms with E-state index in [9.17, 15) is 40.7 Å². The van der Waals surface area contributed by atoms with Crippen LogP contribution in [0.2, 0.25) is 0 Å². The van der Waals surface area contributed by atoms with Crippen LogP contribution in [0.15, 0.2) is 60.7 Å². The first kappa shape index (κ1) is 30.6. The van der Waals surface area contributed by atoms with Gasteiger partial charge in [0.1, 0.15) is 6.04 Å². The second-order valence-electron chi connectivity index (χ2n) is 10.1. The van der Waals surface area contributed by atoms with Crippen LogP contribution in [0.1, 0.15) is 56.7 Å². The van der Waals surface area contributed by atoms with Gasteiger partial charge in [-0.1, -0.05) is 35.9 Å². The van der Waals surface area contributed by atoms with Crippen molar-refractivity contribution in [2.24, 2.45) is 0 Å². The van der Waals surface area contributed by atoms with Crippen LogP contribution in [0.5, 0.6) is 0 Å². The van der Waals surface area contributed by atoms with Crippen LogP contribution < -0.4 is 15.5 Å². The fraction of sp³-hybridized carbons (Fsp3) is 0.300. The van der Waals surface area contributed by atoms with E-state index < -0.39 is 46.9 Å². The molecular weight excluding hydrogens is 564 g/mol. The van der Waals surface area contributed by atoms with E-state index in [1.165, 1.54) is 25.2 Å². The molecule has 1 aliphatic heterocycles. The minimum atomic E-state index is -5.13. The molecule has 0 radical (unpaired) electrons. The highest BCUT2D eigenvalue weighted by Gasteiger charge is 2.38. The van der Waals surface area contributed by atoms with Gasteiger partial charge in [0.05, 0.1) is 16.8 Å². The summed E-state index contributed by atoms with van der Waals surface area (Å²) in [6, 6.07) is 11.2. The van der Waals surface area contributed by atoms with Crippen LogP contribution in [0, 0.1) is 6.92 Å². The van der Waals surface area contributed by atoms with Crippen LogP contribution >= 0.6 is 0 Å². The summed E-state index contributed by atoms with van der Waals surface area (Å²) in [5, 5.41) is 5.38. The number of amides is 3. The van der Waals surface area contributed by atoms with E-state index in [2.05, 4.69) is 10.6 Å². The normalized spacial score (nSPS) is 15.9. The van der Waals surface area contributed by atoms with Gasteiger partial charge in [-0.05, 0) is 62.1 Å². The SMILES string of the molecule is Cc1ccc(-c2ccc(C(=O)N[C@H]3CCCCNC3=O)cc2N(C)C(=O)c2cc(C(F)(F)F)cc(C(F)(F)F)c2)cc1. The molecule has 222 valence electrons. The van der Waals surface area contributed by atoms with Crippen LogP contribution in [0.3, 0.4) is 0 Å². The molecule has 6 nitrogen and oxygen atoms in total. The number of alkyl halides is 6. The van der Waals surface area contributed by atoms with Crippen molar-refractivity contribution in [1.82, 2.24) is 10.6 Å². The molecule has 2 N–H and O–H groups in total. The summed E-state index contributed by atoms with van der Waals surface area (Å²) in [5.74, 6) is -2.12. The zero-order chi connectivity index (χ0) is 30.8. The fourth-order valence-electron chi connectivity index (χ4n) is 4.63. The molecule has 0 saturated carbocycles. The predicted octanol–water partition coefficient (Wildman–Crippen LogP) is 6.37. The molecule has 0 unspecified atom stereocenters. The van der Waals surface area contributed by atoms with E-state index in [0.29, 0.717) is 42.6 Å². The molecule has 3 aromatic rings. The second-order valence-corrected chi connectivity index (χ2v) is 10.1.